The van der Waals surface area contributed by atoms with Crippen molar-refractivity contribution < 1.29 is 14.0 Å². The molecule has 106 valence electrons. The van der Waals surface area contributed by atoms with Crippen molar-refractivity contribution in [3.63, 3.8) is 0 Å². The van der Waals surface area contributed by atoms with Gasteiger partial charge in [-0.2, -0.15) is 0 Å². The zero-order valence-electron chi connectivity index (χ0n) is 11.1. The molecule has 0 atom stereocenters. The second-order valence-corrected chi connectivity index (χ2v) is 6.21. The number of benzene rings is 1. The summed E-state index contributed by atoms with van der Waals surface area (Å²) in [5.74, 6) is 1.10. The zero-order chi connectivity index (χ0) is 14.2. The minimum atomic E-state index is 0.124. The molecule has 1 aromatic heterocycles. The van der Waals surface area contributed by atoms with E-state index in [1.165, 1.54) is 0 Å². The van der Waals surface area contributed by atoms with Gasteiger partial charge in [-0.05, 0) is 34.1 Å². The molecule has 3 rings (SSSR count). The van der Waals surface area contributed by atoms with Gasteiger partial charge >= 0.3 is 0 Å². The van der Waals surface area contributed by atoms with Gasteiger partial charge in [-0.1, -0.05) is 12.1 Å². The Bertz CT molecular complexity index is 623. The molecule has 5 nitrogen and oxygen atoms in total. The van der Waals surface area contributed by atoms with E-state index in [0.29, 0.717) is 18.2 Å². The van der Waals surface area contributed by atoms with Crippen LogP contribution < -0.4 is 10.5 Å². The van der Waals surface area contributed by atoms with E-state index in [4.69, 9.17) is 19.7 Å². The van der Waals surface area contributed by atoms with Crippen LogP contribution in [-0.2, 0) is 4.74 Å². The van der Waals surface area contributed by atoms with Crippen molar-refractivity contribution in [2.24, 2.45) is 5.41 Å². The SMILES string of the molecule is CC1(COc2ccc(-c3cc(N)on3)cc2Br)COC1. The van der Waals surface area contributed by atoms with Crippen LogP contribution in [-0.4, -0.2) is 25.0 Å². The number of aromatic nitrogens is 1. The van der Waals surface area contributed by atoms with E-state index in [1.807, 2.05) is 18.2 Å². The summed E-state index contributed by atoms with van der Waals surface area (Å²) in [6, 6.07) is 7.46. The predicted octanol–water partition coefficient (Wildman–Crippen LogP) is 3.10. The van der Waals surface area contributed by atoms with Crippen LogP contribution in [0, 0.1) is 5.41 Å². The Morgan fingerprint density at radius 2 is 2.20 bits per heavy atom. The normalized spacial score (nSPS) is 16.7. The fourth-order valence-electron chi connectivity index (χ4n) is 1.99. The molecule has 0 unspecified atom stereocenters. The molecule has 0 amide bonds. The summed E-state index contributed by atoms with van der Waals surface area (Å²) in [5, 5.41) is 3.89. The minimum Gasteiger partial charge on any atom is -0.492 e. The molecule has 0 saturated carbocycles. The van der Waals surface area contributed by atoms with Crippen molar-refractivity contribution in [1.82, 2.24) is 5.16 Å². The first kappa shape index (κ1) is 13.5. The lowest BCUT2D eigenvalue weighted by molar-refractivity contribution is -0.120. The Morgan fingerprint density at radius 1 is 1.40 bits per heavy atom. The Kier molecular flexibility index (Phi) is 3.43. The second-order valence-electron chi connectivity index (χ2n) is 5.35. The van der Waals surface area contributed by atoms with E-state index < -0.39 is 0 Å². The van der Waals surface area contributed by atoms with Gasteiger partial charge in [0.25, 0.3) is 0 Å². The predicted molar refractivity (Wildman–Crippen MR) is 78.5 cm³/mol. The lowest BCUT2D eigenvalue weighted by Gasteiger charge is -2.37. The van der Waals surface area contributed by atoms with Gasteiger partial charge in [-0.3, -0.25) is 0 Å². The molecule has 2 N–H and O–H groups in total. The maximum absolute atomic E-state index is 5.84. The van der Waals surface area contributed by atoms with E-state index in [-0.39, 0.29) is 5.41 Å². The molecular formula is C14H15BrN2O3. The summed E-state index contributed by atoms with van der Waals surface area (Å²) >= 11 is 3.51. The van der Waals surface area contributed by atoms with Gasteiger partial charge in [-0.25, -0.2) is 0 Å². The highest BCUT2D eigenvalue weighted by Gasteiger charge is 2.34. The van der Waals surface area contributed by atoms with Crippen LogP contribution in [0.5, 0.6) is 5.75 Å². The highest BCUT2D eigenvalue weighted by atomic mass is 79.9. The van der Waals surface area contributed by atoms with Crippen molar-refractivity contribution in [1.29, 1.82) is 0 Å². The van der Waals surface area contributed by atoms with E-state index in [1.54, 1.807) is 6.07 Å². The standard InChI is InChI=1S/C14H15BrN2O3/c1-14(6-18-7-14)8-19-12-3-2-9(4-10(12)15)11-5-13(16)20-17-11/h2-5H,6-8,16H2,1H3. The molecule has 1 aliphatic rings. The van der Waals surface area contributed by atoms with Crippen LogP contribution in [0.2, 0.25) is 0 Å². The van der Waals surface area contributed by atoms with Crippen molar-refractivity contribution in [2.45, 2.75) is 6.92 Å². The van der Waals surface area contributed by atoms with Crippen molar-refractivity contribution in [3.8, 4) is 17.0 Å². The zero-order valence-corrected chi connectivity index (χ0v) is 12.6. The molecule has 1 aromatic carbocycles. The minimum absolute atomic E-state index is 0.124. The molecular weight excluding hydrogens is 324 g/mol. The van der Waals surface area contributed by atoms with Gasteiger partial charge in [0.15, 0.2) is 0 Å². The molecule has 0 bridgehead atoms. The topological polar surface area (TPSA) is 70.5 Å². The van der Waals surface area contributed by atoms with Crippen LogP contribution in [0.25, 0.3) is 11.3 Å². The van der Waals surface area contributed by atoms with Gasteiger partial charge in [0.2, 0.25) is 5.88 Å². The number of halogens is 1. The fourth-order valence-corrected chi connectivity index (χ4v) is 2.48. The monoisotopic (exact) mass is 338 g/mol. The third-order valence-electron chi connectivity index (χ3n) is 3.23. The molecule has 2 aromatic rings. The summed E-state index contributed by atoms with van der Waals surface area (Å²) in [6.07, 6.45) is 0. The van der Waals surface area contributed by atoms with Crippen LogP contribution in [0.3, 0.4) is 0 Å². The molecule has 1 fully saturated rings. The first-order valence-electron chi connectivity index (χ1n) is 6.28. The highest BCUT2D eigenvalue weighted by Crippen LogP contribution is 2.33. The number of nitrogens with zero attached hydrogens (tertiary/aromatic N) is 1. The summed E-state index contributed by atoms with van der Waals surface area (Å²) in [6.45, 7) is 4.29. The highest BCUT2D eigenvalue weighted by molar-refractivity contribution is 9.10. The molecule has 0 aliphatic carbocycles. The molecule has 20 heavy (non-hydrogen) atoms. The molecule has 6 heteroatoms. The number of nitrogens with two attached hydrogens (primary N) is 1. The largest absolute Gasteiger partial charge is 0.492 e. The third kappa shape index (κ3) is 2.66. The van der Waals surface area contributed by atoms with Crippen LogP contribution in [0.1, 0.15) is 6.92 Å². The Balaban J connectivity index is 1.74. The Morgan fingerprint density at radius 3 is 2.75 bits per heavy atom. The van der Waals surface area contributed by atoms with Gasteiger partial charge < -0.3 is 19.7 Å². The average molecular weight is 339 g/mol. The van der Waals surface area contributed by atoms with E-state index in [0.717, 1.165) is 29.0 Å². The summed E-state index contributed by atoms with van der Waals surface area (Å²) in [7, 11) is 0. The van der Waals surface area contributed by atoms with E-state index >= 15 is 0 Å². The number of anilines is 1. The summed E-state index contributed by atoms with van der Waals surface area (Å²) in [5.41, 5.74) is 7.27. The van der Waals surface area contributed by atoms with Gasteiger partial charge in [0, 0.05) is 17.0 Å². The third-order valence-corrected chi connectivity index (χ3v) is 3.85. The lowest BCUT2D eigenvalue weighted by atomic mass is 9.90. The first-order chi connectivity index (χ1) is 9.56. The molecule has 1 saturated heterocycles. The van der Waals surface area contributed by atoms with Gasteiger partial charge in [0.1, 0.15) is 11.4 Å². The maximum atomic E-state index is 5.84. The Labute approximate surface area is 125 Å². The van der Waals surface area contributed by atoms with Crippen LogP contribution in [0.15, 0.2) is 33.3 Å². The molecule has 0 spiro atoms. The van der Waals surface area contributed by atoms with Crippen molar-refractivity contribution >= 4 is 21.8 Å². The van der Waals surface area contributed by atoms with Crippen LogP contribution >= 0.6 is 15.9 Å². The van der Waals surface area contributed by atoms with Crippen molar-refractivity contribution in [3.05, 3.63) is 28.7 Å². The van der Waals surface area contributed by atoms with Crippen molar-refractivity contribution in [2.75, 3.05) is 25.6 Å². The maximum Gasteiger partial charge on any atom is 0.222 e. The van der Waals surface area contributed by atoms with E-state index in [9.17, 15) is 0 Å². The molecule has 0 radical (unpaired) electrons. The molecule has 2 heterocycles. The lowest BCUT2D eigenvalue weighted by Crippen LogP contribution is -2.44. The van der Waals surface area contributed by atoms with Crippen LogP contribution in [0.4, 0.5) is 5.88 Å². The average Bonchev–Trinajstić information content (AvgIpc) is 2.82. The smallest absolute Gasteiger partial charge is 0.222 e. The number of hydrogen-bond donors (Lipinski definition) is 1. The van der Waals surface area contributed by atoms with Gasteiger partial charge in [0.05, 0.1) is 24.3 Å². The fraction of sp³-hybridized carbons (Fsp3) is 0.357. The quantitative estimate of drug-likeness (QED) is 0.927. The number of nitrogen functional groups attached to an aromatic ring is 1. The number of ether oxygens (including phenoxy) is 2. The summed E-state index contributed by atoms with van der Waals surface area (Å²) in [4.78, 5) is 0. The Hall–Kier alpha value is -1.53. The number of rotatable bonds is 4. The number of hydrogen-bond acceptors (Lipinski definition) is 5. The van der Waals surface area contributed by atoms with E-state index in [2.05, 4.69) is 28.0 Å². The summed E-state index contributed by atoms with van der Waals surface area (Å²) < 4.78 is 16.8. The second kappa shape index (κ2) is 5.10. The first-order valence-corrected chi connectivity index (χ1v) is 7.08. The molecule has 1 aliphatic heterocycles. The van der Waals surface area contributed by atoms with Gasteiger partial charge in [-0.15, -0.1) is 0 Å².